The highest BCUT2D eigenvalue weighted by atomic mass is 32.2. The molecule has 2 aromatic rings. The molecule has 136 valence electrons. The van der Waals surface area contributed by atoms with Crippen LogP contribution in [0.4, 0.5) is 4.79 Å². The zero-order valence-corrected chi connectivity index (χ0v) is 15.2. The van der Waals surface area contributed by atoms with E-state index in [-0.39, 0.29) is 4.90 Å². The van der Waals surface area contributed by atoms with E-state index < -0.39 is 15.9 Å². The molecule has 1 aromatic carbocycles. The van der Waals surface area contributed by atoms with E-state index in [1.54, 1.807) is 30.6 Å². The second-order valence-electron chi connectivity index (χ2n) is 6.29. The summed E-state index contributed by atoms with van der Waals surface area (Å²) in [4.78, 5) is 17.0. The van der Waals surface area contributed by atoms with Gasteiger partial charge < -0.3 is 10.0 Å². The molecule has 0 spiro atoms. The summed E-state index contributed by atoms with van der Waals surface area (Å²) in [6.07, 6.45) is 4.93. The van der Waals surface area contributed by atoms with Gasteiger partial charge in [0.2, 0.25) is 0 Å². The van der Waals surface area contributed by atoms with Crippen molar-refractivity contribution >= 4 is 21.5 Å². The minimum atomic E-state index is -3.32. The Morgan fingerprint density at radius 1 is 1.12 bits per heavy atom. The molecule has 26 heavy (non-hydrogen) atoms. The number of likely N-dealkylation sites (tertiary alicyclic amines) is 1. The molecule has 1 aliphatic rings. The maximum atomic E-state index is 11.9. The number of hydrogen-bond acceptors (Lipinski definition) is 4. The van der Waals surface area contributed by atoms with Crippen molar-refractivity contribution in [2.24, 2.45) is 0 Å². The molecule has 0 radical (unpaired) electrons. The van der Waals surface area contributed by atoms with Crippen LogP contribution in [0, 0.1) is 0 Å². The van der Waals surface area contributed by atoms with Crippen molar-refractivity contribution < 1.29 is 18.3 Å². The van der Waals surface area contributed by atoms with Gasteiger partial charge in [0.25, 0.3) is 0 Å². The first kappa shape index (κ1) is 18.1. The van der Waals surface area contributed by atoms with Crippen molar-refractivity contribution in [3.8, 4) is 0 Å². The number of hydrogen-bond donors (Lipinski definition) is 1. The molecule has 1 fully saturated rings. The highest BCUT2D eigenvalue weighted by Crippen LogP contribution is 2.33. The third kappa shape index (κ3) is 3.94. The lowest BCUT2D eigenvalue weighted by Gasteiger charge is -2.28. The van der Waals surface area contributed by atoms with Crippen LogP contribution in [0.5, 0.6) is 0 Å². The molecule has 1 saturated heterocycles. The topological polar surface area (TPSA) is 87.6 Å². The molecule has 7 heteroatoms. The molecule has 1 aromatic heterocycles. The number of aromatic nitrogens is 1. The fraction of sp³-hybridized carbons (Fsp3) is 0.263. The van der Waals surface area contributed by atoms with Crippen LogP contribution in [-0.4, -0.2) is 48.8 Å². The van der Waals surface area contributed by atoms with Gasteiger partial charge in [-0.1, -0.05) is 23.8 Å². The van der Waals surface area contributed by atoms with Crippen molar-refractivity contribution in [2.75, 3.05) is 19.3 Å². The Balaban J connectivity index is 2.09. The van der Waals surface area contributed by atoms with Gasteiger partial charge in [0, 0.05) is 37.3 Å². The molecule has 1 aliphatic heterocycles. The third-order valence-corrected chi connectivity index (χ3v) is 5.60. The van der Waals surface area contributed by atoms with Crippen molar-refractivity contribution in [3.05, 3.63) is 65.5 Å². The fourth-order valence-electron chi connectivity index (χ4n) is 3.19. The van der Waals surface area contributed by atoms with Gasteiger partial charge in [-0.15, -0.1) is 0 Å². The normalized spacial score (nSPS) is 15.0. The van der Waals surface area contributed by atoms with E-state index in [0.717, 1.165) is 22.3 Å². The lowest BCUT2D eigenvalue weighted by Crippen LogP contribution is -2.35. The zero-order chi connectivity index (χ0) is 18.7. The highest BCUT2D eigenvalue weighted by Gasteiger charge is 2.22. The molecule has 3 rings (SSSR count). The Hall–Kier alpha value is -2.67. The van der Waals surface area contributed by atoms with E-state index in [1.165, 1.54) is 11.2 Å². The van der Waals surface area contributed by atoms with Crippen LogP contribution in [0.25, 0.3) is 5.57 Å². The fourth-order valence-corrected chi connectivity index (χ4v) is 3.85. The molecule has 0 aliphatic carbocycles. The lowest BCUT2D eigenvalue weighted by atomic mass is 9.89. The highest BCUT2D eigenvalue weighted by molar-refractivity contribution is 7.90. The first-order chi connectivity index (χ1) is 12.4. The first-order valence-corrected chi connectivity index (χ1v) is 10.2. The van der Waals surface area contributed by atoms with Crippen LogP contribution >= 0.6 is 0 Å². The number of rotatable bonds is 3. The Morgan fingerprint density at radius 2 is 1.81 bits per heavy atom. The molecule has 6 nitrogen and oxygen atoms in total. The van der Waals surface area contributed by atoms with Gasteiger partial charge in [0.15, 0.2) is 9.84 Å². The minimum Gasteiger partial charge on any atom is -0.465 e. The van der Waals surface area contributed by atoms with Gasteiger partial charge in [-0.05, 0) is 42.2 Å². The molecule has 0 unspecified atom stereocenters. The SMILES string of the molecule is CS(=O)(=O)c1cccc(C(=C2CCN(C(=O)O)CC2)c2cccnc2)c1. The molecule has 2 heterocycles. The second kappa shape index (κ2) is 7.29. The second-order valence-corrected chi connectivity index (χ2v) is 8.31. The number of nitrogens with zero attached hydrogens (tertiary/aromatic N) is 2. The number of pyridine rings is 1. The number of amides is 1. The van der Waals surface area contributed by atoms with Crippen LogP contribution in [0.2, 0.25) is 0 Å². The van der Waals surface area contributed by atoms with Gasteiger partial charge in [-0.3, -0.25) is 4.98 Å². The summed E-state index contributed by atoms with van der Waals surface area (Å²) in [6, 6.07) is 10.6. The van der Waals surface area contributed by atoms with Gasteiger partial charge in [-0.2, -0.15) is 0 Å². The average molecular weight is 372 g/mol. The molecule has 0 atom stereocenters. The Labute approximate surface area is 152 Å². The van der Waals surface area contributed by atoms with Gasteiger partial charge in [0.05, 0.1) is 4.90 Å². The Bertz CT molecular complexity index is 943. The van der Waals surface area contributed by atoms with Crippen LogP contribution in [0.15, 0.2) is 59.3 Å². The van der Waals surface area contributed by atoms with Gasteiger partial charge in [-0.25, -0.2) is 13.2 Å². The number of carbonyl (C=O) groups is 1. The van der Waals surface area contributed by atoms with E-state index >= 15 is 0 Å². The van der Waals surface area contributed by atoms with E-state index in [0.29, 0.717) is 25.9 Å². The zero-order valence-electron chi connectivity index (χ0n) is 14.4. The molecule has 1 N–H and O–H groups in total. The van der Waals surface area contributed by atoms with E-state index in [1.807, 2.05) is 18.2 Å². The van der Waals surface area contributed by atoms with Gasteiger partial charge in [0.1, 0.15) is 0 Å². The smallest absolute Gasteiger partial charge is 0.407 e. The molecular weight excluding hydrogens is 352 g/mol. The first-order valence-electron chi connectivity index (χ1n) is 8.27. The summed E-state index contributed by atoms with van der Waals surface area (Å²) >= 11 is 0. The Morgan fingerprint density at radius 3 is 2.38 bits per heavy atom. The van der Waals surface area contributed by atoms with E-state index in [9.17, 15) is 13.2 Å². The number of carboxylic acid groups (broad SMARTS) is 1. The summed E-state index contributed by atoms with van der Waals surface area (Å²) < 4.78 is 23.9. The molecular formula is C19H20N2O4S. The van der Waals surface area contributed by atoms with E-state index in [2.05, 4.69) is 4.98 Å². The minimum absolute atomic E-state index is 0.264. The quantitative estimate of drug-likeness (QED) is 0.895. The van der Waals surface area contributed by atoms with Crippen LogP contribution < -0.4 is 0 Å². The summed E-state index contributed by atoms with van der Waals surface area (Å²) in [6.45, 7) is 0.861. The van der Waals surface area contributed by atoms with Crippen molar-refractivity contribution in [3.63, 3.8) is 0 Å². The van der Waals surface area contributed by atoms with Crippen molar-refractivity contribution in [2.45, 2.75) is 17.7 Å². The predicted molar refractivity (Wildman–Crippen MR) is 98.6 cm³/mol. The van der Waals surface area contributed by atoms with Crippen LogP contribution in [-0.2, 0) is 9.84 Å². The average Bonchev–Trinajstić information content (AvgIpc) is 2.63. The maximum absolute atomic E-state index is 11.9. The Kier molecular flexibility index (Phi) is 5.08. The standard InChI is InChI=1S/C19H20N2O4S/c1-26(24,25)17-6-2-4-15(12-17)18(16-5-3-9-20-13-16)14-7-10-21(11-8-14)19(22)23/h2-6,9,12-13H,7-8,10-11H2,1H3,(H,22,23). The monoisotopic (exact) mass is 372 g/mol. The van der Waals surface area contributed by atoms with Crippen LogP contribution in [0.3, 0.4) is 0 Å². The molecule has 0 bridgehead atoms. The summed E-state index contributed by atoms with van der Waals surface area (Å²) in [5.74, 6) is 0. The summed E-state index contributed by atoms with van der Waals surface area (Å²) in [5.41, 5.74) is 3.76. The molecule has 1 amide bonds. The van der Waals surface area contributed by atoms with Gasteiger partial charge >= 0.3 is 6.09 Å². The summed E-state index contributed by atoms with van der Waals surface area (Å²) in [7, 11) is -3.32. The van der Waals surface area contributed by atoms with Crippen molar-refractivity contribution in [1.29, 1.82) is 0 Å². The number of benzene rings is 1. The third-order valence-electron chi connectivity index (χ3n) is 4.49. The van der Waals surface area contributed by atoms with E-state index in [4.69, 9.17) is 5.11 Å². The largest absolute Gasteiger partial charge is 0.465 e. The lowest BCUT2D eigenvalue weighted by molar-refractivity contribution is 0.142. The van der Waals surface area contributed by atoms with Crippen LogP contribution in [0.1, 0.15) is 24.0 Å². The number of piperidine rings is 1. The maximum Gasteiger partial charge on any atom is 0.407 e. The summed E-state index contributed by atoms with van der Waals surface area (Å²) in [5, 5.41) is 9.16. The molecule has 0 saturated carbocycles. The predicted octanol–water partition coefficient (Wildman–Crippen LogP) is 3.06. The number of sulfone groups is 1. The van der Waals surface area contributed by atoms with Crippen molar-refractivity contribution in [1.82, 2.24) is 9.88 Å².